The number of phenolic OH excluding ortho intramolecular Hbond substituents is 2. The number of rotatable bonds is 4. The van der Waals surface area contributed by atoms with E-state index in [2.05, 4.69) is 18.5 Å². The molecule has 2 aliphatic heterocycles. The van der Waals surface area contributed by atoms with Crippen molar-refractivity contribution in [2.24, 2.45) is 5.92 Å². The number of piperidine rings is 1. The Labute approximate surface area is 201 Å². The van der Waals surface area contributed by atoms with E-state index in [1.807, 2.05) is 17.9 Å². The number of nitrogens with zero attached hydrogens (tertiary/aromatic N) is 1. The summed E-state index contributed by atoms with van der Waals surface area (Å²) in [6, 6.07) is 2.39. The number of hydroxylamine groups is 1. The summed E-state index contributed by atoms with van der Waals surface area (Å²) in [5.41, 5.74) is 3.55. The minimum Gasteiger partial charge on any atom is -0.508 e. The Morgan fingerprint density at radius 1 is 1.18 bits per heavy atom. The summed E-state index contributed by atoms with van der Waals surface area (Å²) in [4.78, 5) is 32.8. The minimum atomic E-state index is -0.626. The van der Waals surface area contributed by atoms with Crippen LogP contribution in [0.5, 0.6) is 11.5 Å². The number of amides is 1. The number of hydrogen-bond donors (Lipinski definition) is 3. The molecule has 2 heterocycles. The molecule has 0 aromatic heterocycles. The van der Waals surface area contributed by atoms with Crippen LogP contribution >= 0.6 is 0 Å². The molecule has 1 aromatic rings. The molecule has 2 aliphatic rings. The topological polar surface area (TPSA) is 108 Å². The minimum absolute atomic E-state index is 0.0421. The van der Waals surface area contributed by atoms with Crippen molar-refractivity contribution >= 4 is 11.9 Å². The van der Waals surface area contributed by atoms with Crippen LogP contribution in [0, 0.1) is 5.92 Å². The van der Waals surface area contributed by atoms with Gasteiger partial charge in [0.2, 0.25) is 0 Å². The standard InChI is InChI=1S/C26H38N2O6/c1-18-9-5-3-6-10-19(2)34-26(32)25-20(15-22(29)16-23(25)30)14-21(13-18)27-33-17-24(31)28-11-7-4-8-12-28/h3,6,15-16,18-19,21,27,29-30H,4-5,7-14,17H2,1-2H3/b6-3+. The normalized spacial score (nSPS) is 25.6. The second-order valence-electron chi connectivity index (χ2n) is 9.59. The monoisotopic (exact) mass is 474 g/mol. The van der Waals surface area contributed by atoms with Crippen LogP contribution in [-0.2, 0) is 20.8 Å². The van der Waals surface area contributed by atoms with Crippen LogP contribution in [0.3, 0.4) is 0 Å². The van der Waals surface area contributed by atoms with Gasteiger partial charge in [0.05, 0.1) is 0 Å². The van der Waals surface area contributed by atoms with Crippen molar-refractivity contribution in [2.45, 2.75) is 77.4 Å². The number of ether oxygens (including phenoxy) is 1. The zero-order chi connectivity index (χ0) is 24.5. The quantitative estimate of drug-likeness (QED) is 0.345. The van der Waals surface area contributed by atoms with E-state index < -0.39 is 5.97 Å². The van der Waals surface area contributed by atoms with Crippen LogP contribution in [0.25, 0.3) is 0 Å². The number of likely N-dealkylation sites (tertiary alicyclic amines) is 1. The molecule has 1 amide bonds. The summed E-state index contributed by atoms with van der Waals surface area (Å²) in [5.74, 6) is -0.764. The highest BCUT2D eigenvalue weighted by Crippen LogP contribution is 2.30. The molecule has 3 N–H and O–H groups in total. The van der Waals surface area contributed by atoms with Crippen LogP contribution in [0.1, 0.15) is 74.7 Å². The Balaban J connectivity index is 1.76. The second-order valence-corrected chi connectivity index (χ2v) is 9.59. The van der Waals surface area contributed by atoms with Crippen molar-refractivity contribution in [3.8, 4) is 11.5 Å². The molecule has 8 nitrogen and oxygen atoms in total. The Morgan fingerprint density at radius 3 is 2.71 bits per heavy atom. The van der Waals surface area contributed by atoms with Gasteiger partial charge in [-0.05, 0) is 69.4 Å². The fourth-order valence-corrected chi connectivity index (χ4v) is 4.64. The molecule has 3 rings (SSSR count). The van der Waals surface area contributed by atoms with E-state index in [0.29, 0.717) is 24.3 Å². The van der Waals surface area contributed by atoms with Gasteiger partial charge in [-0.1, -0.05) is 19.1 Å². The van der Waals surface area contributed by atoms with Gasteiger partial charge in [-0.3, -0.25) is 9.63 Å². The van der Waals surface area contributed by atoms with Crippen LogP contribution in [0.2, 0.25) is 0 Å². The Hall–Kier alpha value is -2.58. The van der Waals surface area contributed by atoms with Crippen molar-refractivity contribution in [1.29, 1.82) is 0 Å². The molecular weight excluding hydrogens is 436 g/mol. The molecule has 34 heavy (non-hydrogen) atoms. The lowest BCUT2D eigenvalue weighted by Gasteiger charge is -2.27. The molecule has 3 unspecified atom stereocenters. The molecule has 0 bridgehead atoms. The third-order valence-corrected chi connectivity index (χ3v) is 6.46. The number of carbonyl (C=O) groups excluding carboxylic acids is 2. The zero-order valence-corrected chi connectivity index (χ0v) is 20.3. The van der Waals surface area contributed by atoms with E-state index in [1.165, 1.54) is 6.07 Å². The lowest BCUT2D eigenvalue weighted by Crippen LogP contribution is -2.41. The molecule has 188 valence electrons. The van der Waals surface area contributed by atoms with E-state index >= 15 is 0 Å². The van der Waals surface area contributed by atoms with Crippen molar-refractivity contribution in [2.75, 3.05) is 19.7 Å². The molecule has 3 atom stereocenters. The SMILES string of the molecule is CC1CC/C=C/CC(C)OC(=O)c2c(O)cc(O)cc2CC(NOCC(=O)N2CCCCC2)C1. The predicted octanol–water partition coefficient (Wildman–Crippen LogP) is 3.85. The average molecular weight is 475 g/mol. The maximum atomic E-state index is 12.9. The van der Waals surface area contributed by atoms with Gasteiger partial charge in [0.15, 0.2) is 0 Å². The van der Waals surface area contributed by atoms with E-state index in [1.54, 1.807) is 0 Å². The van der Waals surface area contributed by atoms with Crippen LogP contribution in [0.4, 0.5) is 0 Å². The van der Waals surface area contributed by atoms with Gasteiger partial charge in [0.1, 0.15) is 29.8 Å². The highest BCUT2D eigenvalue weighted by atomic mass is 16.6. The molecule has 0 aliphatic carbocycles. The van der Waals surface area contributed by atoms with Gasteiger partial charge < -0.3 is 19.8 Å². The molecule has 1 aromatic carbocycles. The molecule has 0 radical (unpaired) electrons. The van der Waals surface area contributed by atoms with E-state index in [0.717, 1.165) is 57.7 Å². The number of allylic oxidation sites excluding steroid dienone is 1. The van der Waals surface area contributed by atoms with Gasteiger partial charge in [-0.25, -0.2) is 4.79 Å². The largest absolute Gasteiger partial charge is 0.508 e. The number of esters is 1. The van der Waals surface area contributed by atoms with Crippen molar-refractivity contribution in [3.05, 3.63) is 35.4 Å². The maximum Gasteiger partial charge on any atom is 0.342 e. The van der Waals surface area contributed by atoms with Crippen molar-refractivity contribution in [3.63, 3.8) is 0 Å². The van der Waals surface area contributed by atoms with Gasteiger partial charge in [0, 0.05) is 31.6 Å². The first-order valence-electron chi connectivity index (χ1n) is 12.4. The van der Waals surface area contributed by atoms with Crippen molar-refractivity contribution < 1.29 is 29.4 Å². The fraction of sp³-hybridized carbons (Fsp3) is 0.615. The molecule has 0 spiro atoms. The number of aromatic hydroxyl groups is 2. The summed E-state index contributed by atoms with van der Waals surface area (Å²) in [5, 5.41) is 20.5. The van der Waals surface area contributed by atoms with Crippen molar-refractivity contribution in [1.82, 2.24) is 10.4 Å². The average Bonchev–Trinajstić information content (AvgIpc) is 2.78. The Bertz CT molecular complexity index is 865. The first-order chi connectivity index (χ1) is 16.3. The number of fused-ring (bicyclic) bond motifs is 1. The van der Waals surface area contributed by atoms with Crippen LogP contribution < -0.4 is 5.48 Å². The van der Waals surface area contributed by atoms with Crippen LogP contribution in [-0.4, -0.2) is 58.8 Å². The molecule has 1 fully saturated rings. The van der Waals surface area contributed by atoms with E-state index in [4.69, 9.17) is 9.57 Å². The third-order valence-electron chi connectivity index (χ3n) is 6.46. The maximum absolute atomic E-state index is 12.9. The second kappa shape index (κ2) is 12.8. The molecule has 1 saturated heterocycles. The fourth-order valence-electron chi connectivity index (χ4n) is 4.64. The predicted molar refractivity (Wildman–Crippen MR) is 128 cm³/mol. The van der Waals surface area contributed by atoms with Gasteiger partial charge in [0.25, 0.3) is 5.91 Å². The first-order valence-corrected chi connectivity index (χ1v) is 12.4. The number of nitrogens with one attached hydrogen (secondary N) is 1. The summed E-state index contributed by atoms with van der Waals surface area (Å²) in [6.07, 6.45) is 10.5. The Kier molecular flexibility index (Phi) is 9.77. The van der Waals surface area contributed by atoms with Gasteiger partial charge >= 0.3 is 5.97 Å². The number of cyclic esters (lactones) is 1. The number of hydrogen-bond acceptors (Lipinski definition) is 7. The van der Waals surface area contributed by atoms with Gasteiger partial charge in [-0.2, -0.15) is 5.48 Å². The highest BCUT2D eigenvalue weighted by Gasteiger charge is 2.25. The lowest BCUT2D eigenvalue weighted by molar-refractivity contribution is -0.140. The molecule has 8 heteroatoms. The molecular formula is C26H38N2O6. The van der Waals surface area contributed by atoms with E-state index in [-0.39, 0.29) is 41.7 Å². The van der Waals surface area contributed by atoms with Crippen LogP contribution in [0.15, 0.2) is 24.3 Å². The number of carbonyl (C=O) groups is 2. The summed E-state index contributed by atoms with van der Waals surface area (Å²) >= 11 is 0. The molecule has 0 saturated carbocycles. The smallest absolute Gasteiger partial charge is 0.342 e. The first kappa shape index (κ1) is 26.0. The summed E-state index contributed by atoms with van der Waals surface area (Å²) in [6.45, 7) is 5.44. The van der Waals surface area contributed by atoms with Gasteiger partial charge in [-0.15, -0.1) is 0 Å². The zero-order valence-electron chi connectivity index (χ0n) is 20.3. The Morgan fingerprint density at radius 2 is 1.94 bits per heavy atom. The highest BCUT2D eigenvalue weighted by molar-refractivity contribution is 5.94. The summed E-state index contributed by atoms with van der Waals surface area (Å²) < 4.78 is 5.54. The lowest BCUT2D eigenvalue weighted by atomic mass is 9.91. The number of benzene rings is 1. The third kappa shape index (κ3) is 7.74. The number of phenols is 2. The summed E-state index contributed by atoms with van der Waals surface area (Å²) in [7, 11) is 0. The van der Waals surface area contributed by atoms with E-state index in [9.17, 15) is 19.8 Å².